The van der Waals surface area contributed by atoms with Crippen molar-refractivity contribution in [3.8, 4) is 0 Å². The Bertz CT molecular complexity index is 513. The maximum absolute atomic E-state index is 5.59. The van der Waals surface area contributed by atoms with Gasteiger partial charge in [0, 0.05) is 33.4 Å². The van der Waals surface area contributed by atoms with Gasteiger partial charge in [-0.2, -0.15) is 0 Å². The van der Waals surface area contributed by atoms with Gasteiger partial charge in [-0.1, -0.05) is 12.8 Å². The largest absolute Gasteiger partial charge is 0.382 e. The van der Waals surface area contributed by atoms with Crippen LogP contribution in [0.5, 0.6) is 0 Å². The maximum Gasteiger partial charge on any atom is 0.191 e. The number of aryl methyl sites for hydroxylation is 1. The summed E-state index contributed by atoms with van der Waals surface area (Å²) in [6, 6.07) is 0. The van der Waals surface area contributed by atoms with Crippen molar-refractivity contribution in [3.05, 3.63) is 12.2 Å². The molecule has 25 heavy (non-hydrogen) atoms. The zero-order valence-corrected chi connectivity index (χ0v) is 18.1. The number of nitrogens with zero attached hydrogens (tertiary/aromatic N) is 4. The summed E-state index contributed by atoms with van der Waals surface area (Å²) >= 11 is 0. The minimum atomic E-state index is 0. The van der Waals surface area contributed by atoms with Gasteiger partial charge < -0.3 is 19.9 Å². The van der Waals surface area contributed by atoms with Crippen molar-refractivity contribution in [2.24, 2.45) is 17.5 Å². The number of nitrogens with one attached hydrogen (secondary N) is 2. The van der Waals surface area contributed by atoms with Gasteiger partial charge >= 0.3 is 0 Å². The second-order valence-corrected chi connectivity index (χ2v) is 6.56. The molecule has 144 valence electrons. The van der Waals surface area contributed by atoms with Crippen LogP contribution < -0.4 is 10.6 Å². The van der Waals surface area contributed by atoms with E-state index < -0.39 is 0 Å². The van der Waals surface area contributed by atoms with Gasteiger partial charge in [-0.3, -0.25) is 0 Å². The van der Waals surface area contributed by atoms with Crippen molar-refractivity contribution in [1.29, 1.82) is 0 Å². The van der Waals surface area contributed by atoms with Crippen molar-refractivity contribution >= 4 is 29.9 Å². The summed E-state index contributed by atoms with van der Waals surface area (Å²) in [4.78, 5) is 4.65. The summed E-state index contributed by atoms with van der Waals surface area (Å²) in [6.45, 7) is 8.11. The molecule has 1 aromatic rings. The molecule has 0 aromatic carbocycles. The molecule has 1 heterocycles. The predicted molar refractivity (Wildman–Crippen MR) is 111 cm³/mol. The van der Waals surface area contributed by atoms with Crippen molar-refractivity contribution < 1.29 is 4.74 Å². The maximum atomic E-state index is 5.59. The van der Waals surface area contributed by atoms with Crippen LogP contribution in [0.2, 0.25) is 0 Å². The first-order valence-electron chi connectivity index (χ1n) is 9.12. The highest BCUT2D eigenvalue weighted by atomic mass is 127. The molecule has 1 saturated carbocycles. The van der Waals surface area contributed by atoms with Gasteiger partial charge in [0.15, 0.2) is 11.8 Å². The third-order valence-corrected chi connectivity index (χ3v) is 4.80. The molecular formula is C17H33IN6O. The van der Waals surface area contributed by atoms with Crippen molar-refractivity contribution in [2.45, 2.75) is 52.5 Å². The van der Waals surface area contributed by atoms with Crippen LogP contribution in [0.25, 0.3) is 0 Å². The first-order chi connectivity index (χ1) is 11.7. The third kappa shape index (κ3) is 7.08. The van der Waals surface area contributed by atoms with E-state index in [0.717, 1.165) is 44.5 Å². The minimum Gasteiger partial charge on any atom is -0.382 e. The quantitative estimate of drug-likeness (QED) is 0.254. The van der Waals surface area contributed by atoms with E-state index >= 15 is 0 Å². The first kappa shape index (κ1) is 22.1. The van der Waals surface area contributed by atoms with Crippen molar-refractivity contribution in [3.63, 3.8) is 0 Å². The van der Waals surface area contributed by atoms with Crippen LogP contribution in [0.3, 0.4) is 0 Å². The molecule has 1 fully saturated rings. The number of hydrogen-bond acceptors (Lipinski definition) is 4. The molecule has 2 rings (SSSR count). The monoisotopic (exact) mass is 464 g/mol. The fraction of sp³-hybridized carbons (Fsp3) is 0.824. The first-order valence-corrected chi connectivity index (χ1v) is 9.12. The standard InChI is InChI=1S/C17H32N6O.HI/c1-4-18-16(19-12-15-22-21-14-23(15)3)20-13-17(8-6-7-9-17)10-11-24-5-2;/h14H,4-13H2,1-3H3,(H2,18,19,20);1H. The highest BCUT2D eigenvalue weighted by Crippen LogP contribution is 2.40. The van der Waals surface area contributed by atoms with E-state index in [2.05, 4.69) is 39.7 Å². The van der Waals surface area contributed by atoms with Gasteiger partial charge in [-0.15, -0.1) is 34.2 Å². The van der Waals surface area contributed by atoms with Crippen LogP contribution in [0.1, 0.15) is 51.8 Å². The smallest absolute Gasteiger partial charge is 0.191 e. The minimum absolute atomic E-state index is 0. The van der Waals surface area contributed by atoms with Crippen LogP contribution in [0, 0.1) is 5.41 Å². The summed E-state index contributed by atoms with van der Waals surface area (Å²) in [5, 5.41) is 14.8. The molecule has 0 bridgehead atoms. The zero-order chi connectivity index (χ0) is 17.3. The average molecular weight is 464 g/mol. The third-order valence-electron chi connectivity index (χ3n) is 4.80. The Morgan fingerprint density at radius 1 is 1.32 bits per heavy atom. The van der Waals surface area contributed by atoms with E-state index in [9.17, 15) is 0 Å². The Kier molecular flexibility index (Phi) is 10.3. The molecule has 2 N–H and O–H groups in total. The molecule has 1 aliphatic carbocycles. The van der Waals surface area contributed by atoms with Crippen LogP contribution in [-0.2, 0) is 18.3 Å². The van der Waals surface area contributed by atoms with Crippen LogP contribution >= 0.6 is 24.0 Å². The van der Waals surface area contributed by atoms with Crippen LogP contribution in [0.4, 0.5) is 0 Å². The van der Waals surface area contributed by atoms with E-state index in [0.29, 0.717) is 12.0 Å². The Morgan fingerprint density at radius 3 is 2.68 bits per heavy atom. The van der Waals surface area contributed by atoms with E-state index in [-0.39, 0.29) is 24.0 Å². The lowest BCUT2D eigenvalue weighted by Gasteiger charge is -2.30. The number of aromatic nitrogens is 3. The molecule has 7 nitrogen and oxygen atoms in total. The zero-order valence-electron chi connectivity index (χ0n) is 15.8. The second kappa shape index (κ2) is 11.7. The summed E-state index contributed by atoms with van der Waals surface area (Å²) in [7, 11) is 1.94. The SMILES string of the molecule is CCNC(=NCc1nncn1C)NCC1(CCOCC)CCCC1.I. The lowest BCUT2D eigenvalue weighted by atomic mass is 9.83. The molecule has 1 aromatic heterocycles. The fourth-order valence-electron chi connectivity index (χ4n) is 3.29. The van der Waals surface area contributed by atoms with Gasteiger partial charge in [0.2, 0.25) is 0 Å². The van der Waals surface area contributed by atoms with Gasteiger partial charge in [-0.25, -0.2) is 4.99 Å². The molecular weight excluding hydrogens is 431 g/mol. The van der Waals surface area contributed by atoms with Gasteiger partial charge in [0.25, 0.3) is 0 Å². The summed E-state index contributed by atoms with van der Waals surface area (Å²) in [5.41, 5.74) is 0.343. The Morgan fingerprint density at radius 2 is 2.08 bits per heavy atom. The van der Waals surface area contributed by atoms with Gasteiger partial charge in [0.05, 0.1) is 0 Å². The Balaban J connectivity index is 0.00000312. The molecule has 1 aliphatic rings. The number of rotatable bonds is 9. The Hall–Kier alpha value is -0.900. The highest BCUT2D eigenvalue weighted by Gasteiger charge is 2.33. The van der Waals surface area contributed by atoms with Crippen molar-refractivity contribution in [1.82, 2.24) is 25.4 Å². The summed E-state index contributed by atoms with van der Waals surface area (Å²) < 4.78 is 7.49. The number of guanidine groups is 1. The van der Waals surface area contributed by atoms with E-state index in [1.165, 1.54) is 25.7 Å². The number of ether oxygens (including phenoxy) is 1. The van der Waals surface area contributed by atoms with Gasteiger partial charge in [-0.05, 0) is 38.5 Å². The number of halogens is 1. The average Bonchev–Trinajstić information content (AvgIpc) is 3.20. The molecule has 0 amide bonds. The topological polar surface area (TPSA) is 76.4 Å². The summed E-state index contributed by atoms with van der Waals surface area (Å²) in [6.07, 6.45) is 8.01. The second-order valence-electron chi connectivity index (χ2n) is 6.56. The normalized spacial score (nSPS) is 16.5. The molecule has 0 aliphatic heterocycles. The van der Waals surface area contributed by atoms with E-state index in [1.807, 2.05) is 11.6 Å². The highest BCUT2D eigenvalue weighted by molar-refractivity contribution is 14.0. The molecule has 0 radical (unpaired) electrons. The lowest BCUT2D eigenvalue weighted by Crippen LogP contribution is -2.43. The summed E-state index contributed by atoms with van der Waals surface area (Å²) in [5.74, 6) is 1.71. The molecule has 0 spiro atoms. The number of hydrogen-bond donors (Lipinski definition) is 2. The molecule has 0 saturated heterocycles. The lowest BCUT2D eigenvalue weighted by molar-refractivity contribution is 0.105. The van der Waals surface area contributed by atoms with Gasteiger partial charge in [0.1, 0.15) is 12.9 Å². The molecule has 0 unspecified atom stereocenters. The van der Waals surface area contributed by atoms with E-state index in [1.54, 1.807) is 6.33 Å². The molecule has 0 atom stereocenters. The Labute approximate surface area is 168 Å². The fourth-order valence-corrected chi connectivity index (χ4v) is 3.29. The molecule has 8 heteroatoms. The van der Waals surface area contributed by atoms with Crippen LogP contribution in [-0.4, -0.2) is 47.0 Å². The van der Waals surface area contributed by atoms with Crippen molar-refractivity contribution in [2.75, 3.05) is 26.3 Å². The number of aliphatic imine (C=N–C) groups is 1. The predicted octanol–water partition coefficient (Wildman–Crippen LogP) is 2.48. The van der Waals surface area contributed by atoms with E-state index in [4.69, 9.17) is 4.74 Å². The van der Waals surface area contributed by atoms with Crippen LogP contribution in [0.15, 0.2) is 11.3 Å².